The molecule has 0 bridgehead atoms. The lowest BCUT2D eigenvalue weighted by Gasteiger charge is -2.34. The monoisotopic (exact) mass is 357 g/mol. The fourth-order valence-corrected chi connectivity index (χ4v) is 4.98. The van der Waals surface area contributed by atoms with Crippen molar-refractivity contribution in [1.82, 2.24) is 14.7 Å². The Morgan fingerprint density at radius 1 is 1.31 bits per heavy atom. The normalized spacial score (nSPS) is 25.8. The number of nitrogens with zero attached hydrogens (tertiary/aromatic N) is 3. The predicted octanol–water partition coefficient (Wildman–Crippen LogP) is 3.50. The lowest BCUT2D eigenvalue weighted by atomic mass is 9.95. The highest BCUT2D eigenvalue weighted by Gasteiger charge is 2.33. The lowest BCUT2D eigenvalue weighted by molar-refractivity contribution is -0.133. The molecule has 0 spiro atoms. The maximum atomic E-state index is 12.8. The number of rotatable bonds is 6. The Morgan fingerprint density at radius 3 is 2.88 bits per heavy atom. The first-order valence-corrected chi connectivity index (χ1v) is 10.2. The third-order valence-electron chi connectivity index (χ3n) is 6.32. The molecule has 2 heterocycles. The molecule has 2 aliphatic carbocycles. The minimum absolute atomic E-state index is 0.232. The molecular weight excluding hydrogens is 326 g/mol. The molecule has 1 aliphatic heterocycles. The zero-order valence-corrected chi connectivity index (χ0v) is 15.9. The van der Waals surface area contributed by atoms with Crippen molar-refractivity contribution in [3.05, 3.63) is 29.6 Å². The van der Waals surface area contributed by atoms with Gasteiger partial charge < -0.3 is 9.64 Å². The molecule has 1 amide bonds. The van der Waals surface area contributed by atoms with Crippen LogP contribution >= 0.6 is 0 Å². The number of allylic oxidation sites excluding steroid dienone is 2. The fourth-order valence-electron chi connectivity index (χ4n) is 4.98. The van der Waals surface area contributed by atoms with E-state index in [0.29, 0.717) is 25.5 Å². The number of hydrogen-bond donors (Lipinski definition) is 0. The van der Waals surface area contributed by atoms with Crippen molar-refractivity contribution in [1.29, 1.82) is 0 Å². The zero-order chi connectivity index (χ0) is 17.9. The summed E-state index contributed by atoms with van der Waals surface area (Å²) in [5.74, 6) is 1.69. The van der Waals surface area contributed by atoms with E-state index in [-0.39, 0.29) is 11.8 Å². The van der Waals surface area contributed by atoms with Crippen LogP contribution in [0.4, 0.5) is 0 Å². The van der Waals surface area contributed by atoms with Crippen molar-refractivity contribution in [3.8, 4) is 0 Å². The van der Waals surface area contributed by atoms with Gasteiger partial charge in [-0.15, -0.1) is 0 Å². The molecule has 0 aromatic carbocycles. The van der Waals surface area contributed by atoms with Gasteiger partial charge in [-0.25, -0.2) is 0 Å². The molecule has 1 fully saturated rings. The molecule has 0 radical (unpaired) electrons. The highest BCUT2D eigenvalue weighted by Crippen LogP contribution is 2.33. The van der Waals surface area contributed by atoms with Gasteiger partial charge >= 0.3 is 0 Å². The lowest BCUT2D eigenvalue weighted by Crippen LogP contribution is -2.40. The summed E-state index contributed by atoms with van der Waals surface area (Å²) in [6.45, 7) is 3.13. The zero-order valence-electron chi connectivity index (χ0n) is 15.9. The van der Waals surface area contributed by atoms with Gasteiger partial charge in [0.15, 0.2) is 0 Å². The summed E-state index contributed by atoms with van der Waals surface area (Å²) in [6, 6.07) is 0. The molecule has 3 aliphatic rings. The standard InChI is InChI=1S/C21H31N3O2/c1-26-15-19-14-23(20(25)10-16-6-2-3-7-16)13-18-11-22-24(21(18)19)12-17-8-4-5-9-17/h2,6,11,16-17,19H,3-5,7-10,12-15H2,1H3/t16-,19+/m1/s1. The predicted molar refractivity (Wildman–Crippen MR) is 101 cm³/mol. The molecule has 26 heavy (non-hydrogen) atoms. The van der Waals surface area contributed by atoms with Crippen molar-refractivity contribution in [3.63, 3.8) is 0 Å². The number of carbonyl (C=O) groups excluding carboxylic acids is 1. The van der Waals surface area contributed by atoms with Crippen LogP contribution in [0.1, 0.15) is 62.1 Å². The molecule has 2 atom stereocenters. The van der Waals surface area contributed by atoms with E-state index in [1.807, 2.05) is 11.1 Å². The van der Waals surface area contributed by atoms with Gasteiger partial charge in [0.05, 0.1) is 18.5 Å². The van der Waals surface area contributed by atoms with Crippen LogP contribution < -0.4 is 0 Å². The number of aromatic nitrogens is 2. The van der Waals surface area contributed by atoms with Crippen LogP contribution in [0.5, 0.6) is 0 Å². The van der Waals surface area contributed by atoms with Crippen LogP contribution in [-0.4, -0.2) is 40.8 Å². The molecule has 5 nitrogen and oxygen atoms in total. The average Bonchev–Trinajstić information content (AvgIpc) is 3.38. The largest absolute Gasteiger partial charge is 0.384 e. The van der Waals surface area contributed by atoms with Crippen molar-refractivity contribution < 1.29 is 9.53 Å². The Morgan fingerprint density at radius 2 is 2.15 bits per heavy atom. The van der Waals surface area contributed by atoms with E-state index in [4.69, 9.17) is 9.84 Å². The van der Waals surface area contributed by atoms with E-state index in [9.17, 15) is 4.79 Å². The molecule has 0 N–H and O–H groups in total. The number of ether oxygens (including phenoxy) is 1. The van der Waals surface area contributed by atoms with Crippen LogP contribution in [0.3, 0.4) is 0 Å². The van der Waals surface area contributed by atoms with Gasteiger partial charge in [0.25, 0.3) is 0 Å². The van der Waals surface area contributed by atoms with Gasteiger partial charge in [-0.2, -0.15) is 5.10 Å². The minimum atomic E-state index is 0.232. The summed E-state index contributed by atoms with van der Waals surface area (Å²) in [4.78, 5) is 14.9. The maximum absolute atomic E-state index is 12.8. The molecule has 5 heteroatoms. The molecule has 0 saturated heterocycles. The number of hydrogen-bond acceptors (Lipinski definition) is 3. The molecular formula is C21H31N3O2. The summed E-state index contributed by atoms with van der Waals surface area (Å²) < 4.78 is 7.72. The van der Waals surface area contributed by atoms with Crippen LogP contribution in [0.15, 0.2) is 18.3 Å². The number of fused-ring (bicyclic) bond motifs is 1. The molecule has 142 valence electrons. The second-order valence-corrected chi connectivity index (χ2v) is 8.28. The van der Waals surface area contributed by atoms with E-state index >= 15 is 0 Å². The van der Waals surface area contributed by atoms with E-state index in [2.05, 4.69) is 16.8 Å². The first-order chi connectivity index (χ1) is 12.7. The van der Waals surface area contributed by atoms with E-state index < -0.39 is 0 Å². The van der Waals surface area contributed by atoms with Gasteiger partial charge in [-0.1, -0.05) is 25.0 Å². The van der Waals surface area contributed by atoms with Gasteiger partial charge in [0, 0.05) is 44.6 Å². The smallest absolute Gasteiger partial charge is 0.223 e. The third kappa shape index (κ3) is 3.73. The Kier molecular flexibility index (Phi) is 5.44. The Bertz CT molecular complexity index is 660. The average molecular weight is 357 g/mol. The summed E-state index contributed by atoms with van der Waals surface area (Å²) in [6.07, 6.45) is 14.6. The van der Waals surface area contributed by atoms with Gasteiger partial charge in [-0.3, -0.25) is 9.48 Å². The molecule has 1 aromatic heterocycles. The molecule has 1 saturated carbocycles. The summed E-state index contributed by atoms with van der Waals surface area (Å²) >= 11 is 0. The van der Waals surface area contributed by atoms with Gasteiger partial charge in [0.2, 0.25) is 5.91 Å². The Labute approximate surface area is 156 Å². The summed E-state index contributed by atoms with van der Waals surface area (Å²) in [7, 11) is 1.75. The van der Waals surface area contributed by atoms with Crippen molar-refractivity contribution in [2.75, 3.05) is 20.3 Å². The first kappa shape index (κ1) is 17.8. The van der Waals surface area contributed by atoms with Crippen molar-refractivity contribution in [2.45, 2.75) is 64.0 Å². The second kappa shape index (κ2) is 7.95. The van der Waals surface area contributed by atoms with Crippen molar-refractivity contribution in [2.24, 2.45) is 11.8 Å². The quantitative estimate of drug-likeness (QED) is 0.732. The third-order valence-corrected chi connectivity index (χ3v) is 6.32. The van der Waals surface area contributed by atoms with Crippen molar-refractivity contribution >= 4 is 5.91 Å². The van der Waals surface area contributed by atoms with Crippen LogP contribution in [0.2, 0.25) is 0 Å². The summed E-state index contributed by atoms with van der Waals surface area (Å²) in [5.41, 5.74) is 2.52. The van der Waals surface area contributed by atoms with E-state index in [0.717, 1.165) is 31.8 Å². The van der Waals surface area contributed by atoms with Crippen LogP contribution in [-0.2, 0) is 22.6 Å². The highest BCUT2D eigenvalue weighted by atomic mass is 16.5. The van der Waals surface area contributed by atoms with E-state index in [1.165, 1.54) is 36.9 Å². The van der Waals surface area contributed by atoms with Crippen LogP contribution in [0, 0.1) is 11.8 Å². The SMILES string of the molecule is COC[C@@H]1CN(C(=O)C[C@@H]2C=CCC2)Cc2cnn(CC3CCCC3)c21. The first-order valence-electron chi connectivity index (χ1n) is 10.2. The molecule has 0 unspecified atom stereocenters. The summed E-state index contributed by atoms with van der Waals surface area (Å²) in [5, 5.41) is 4.70. The van der Waals surface area contributed by atoms with E-state index in [1.54, 1.807) is 7.11 Å². The second-order valence-electron chi connectivity index (χ2n) is 8.28. The Balaban J connectivity index is 1.48. The van der Waals surface area contributed by atoms with Crippen LogP contribution in [0.25, 0.3) is 0 Å². The number of amides is 1. The Hall–Kier alpha value is -1.62. The fraction of sp³-hybridized carbons (Fsp3) is 0.714. The molecule has 4 rings (SSSR count). The minimum Gasteiger partial charge on any atom is -0.384 e. The highest BCUT2D eigenvalue weighted by molar-refractivity contribution is 5.77. The number of carbonyl (C=O) groups is 1. The maximum Gasteiger partial charge on any atom is 0.223 e. The molecule has 1 aromatic rings. The number of methoxy groups -OCH3 is 1. The van der Waals surface area contributed by atoms with Gasteiger partial charge in [0.1, 0.15) is 0 Å². The van der Waals surface area contributed by atoms with Gasteiger partial charge in [-0.05, 0) is 37.5 Å². The topological polar surface area (TPSA) is 47.4 Å².